The molecule has 0 saturated heterocycles. The summed E-state index contributed by atoms with van der Waals surface area (Å²) in [5.41, 5.74) is 4.19. The molecule has 3 aromatic rings. The predicted molar refractivity (Wildman–Crippen MR) is 82.2 cm³/mol. The molecule has 3 rings (SSSR count). The molecule has 21 heavy (non-hydrogen) atoms. The second-order valence-electron chi connectivity index (χ2n) is 5.39. The van der Waals surface area contributed by atoms with Crippen LogP contribution in [0.3, 0.4) is 0 Å². The van der Waals surface area contributed by atoms with Gasteiger partial charge in [0.2, 0.25) is 5.89 Å². The van der Waals surface area contributed by atoms with Crippen LogP contribution in [0.4, 0.5) is 0 Å². The number of oxazole rings is 1. The van der Waals surface area contributed by atoms with Gasteiger partial charge in [-0.15, -0.1) is 0 Å². The average Bonchev–Trinajstić information content (AvgIpc) is 2.94. The lowest BCUT2D eigenvalue weighted by molar-refractivity contribution is 0.537. The van der Waals surface area contributed by atoms with E-state index in [1.165, 1.54) is 5.56 Å². The second kappa shape index (κ2) is 5.20. The largest absolute Gasteiger partial charge is 0.441 e. The van der Waals surface area contributed by atoms with Gasteiger partial charge in [-0.3, -0.25) is 0 Å². The highest BCUT2D eigenvalue weighted by Crippen LogP contribution is 2.25. The fourth-order valence-electron chi connectivity index (χ4n) is 2.49. The zero-order valence-corrected chi connectivity index (χ0v) is 12.8. The first-order valence-electron chi connectivity index (χ1n) is 7.07. The first kappa shape index (κ1) is 13.6. The van der Waals surface area contributed by atoms with Crippen LogP contribution in [0.2, 0.25) is 0 Å². The van der Waals surface area contributed by atoms with Crippen molar-refractivity contribution in [2.24, 2.45) is 0 Å². The number of aryl methyl sites for hydroxylation is 4. The third-order valence-corrected chi connectivity index (χ3v) is 3.68. The fraction of sp³-hybridized carbons (Fsp3) is 0.294. The van der Waals surface area contributed by atoms with E-state index in [9.17, 15) is 0 Å². The number of hydrogen-bond donors (Lipinski definition) is 0. The summed E-state index contributed by atoms with van der Waals surface area (Å²) in [4.78, 5) is 9.09. The summed E-state index contributed by atoms with van der Waals surface area (Å²) in [6, 6.07) is 8.13. The van der Waals surface area contributed by atoms with E-state index in [2.05, 4.69) is 27.5 Å². The Labute approximate surface area is 124 Å². The summed E-state index contributed by atoms with van der Waals surface area (Å²) in [6.07, 6.45) is 2.04. The Morgan fingerprint density at radius 2 is 1.81 bits per heavy atom. The van der Waals surface area contributed by atoms with Crippen molar-refractivity contribution < 1.29 is 4.42 Å². The number of imidazole rings is 1. The first-order valence-corrected chi connectivity index (χ1v) is 7.07. The maximum atomic E-state index is 5.86. The minimum atomic E-state index is 0.688. The van der Waals surface area contributed by atoms with Crippen molar-refractivity contribution in [3.8, 4) is 11.5 Å². The zero-order chi connectivity index (χ0) is 15.0. The first-order chi connectivity index (χ1) is 10.0. The van der Waals surface area contributed by atoms with Crippen molar-refractivity contribution in [2.45, 2.75) is 34.2 Å². The topological polar surface area (TPSA) is 43.9 Å². The van der Waals surface area contributed by atoms with Gasteiger partial charge in [0, 0.05) is 11.8 Å². The summed E-state index contributed by atoms with van der Waals surface area (Å²) >= 11 is 0. The third kappa shape index (κ3) is 2.61. The zero-order valence-electron chi connectivity index (χ0n) is 12.8. The maximum absolute atomic E-state index is 5.86. The monoisotopic (exact) mass is 281 g/mol. The molecule has 4 nitrogen and oxygen atoms in total. The summed E-state index contributed by atoms with van der Waals surface area (Å²) in [6.45, 7) is 8.72. The fourth-order valence-corrected chi connectivity index (χ4v) is 2.49. The Kier molecular flexibility index (Phi) is 3.37. The highest BCUT2D eigenvalue weighted by atomic mass is 16.4. The lowest BCUT2D eigenvalue weighted by atomic mass is 10.1. The van der Waals surface area contributed by atoms with Crippen LogP contribution in [0.15, 0.2) is 34.9 Å². The Bertz CT molecular complexity index is 783. The molecule has 2 aromatic heterocycles. The normalized spacial score (nSPS) is 11.0. The number of rotatable bonds is 3. The van der Waals surface area contributed by atoms with Crippen molar-refractivity contribution in [2.75, 3.05) is 0 Å². The second-order valence-corrected chi connectivity index (χ2v) is 5.39. The molecule has 0 unspecified atom stereocenters. The number of nitrogens with zero attached hydrogens (tertiary/aromatic N) is 3. The third-order valence-electron chi connectivity index (χ3n) is 3.68. The van der Waals surface area contributed by atoms with E-state index < -0.39 is 0 Å². The number of hydrogen-bond acceptors (Lipinski definition) is 3. The van der Waals surface area contributed by atoms with Gasteiger partial charge in [-0.05, 0) is 39.3 Å². The van der Waals surface area contributed by atoms with Crippen LogP contribution >= 0.6 is 0 Å². The van der Waals surface area contributed by atoms with Crippen LogP contribution in [0.1, 0.15) is 28.5 Å². The van der Waals surface area contributed by atoms with Crippen LogP contribution in [0.5, 0.6) is 0 Å². The SMILES string of the molecule is Cc1cn(Cc2nc(-c3ccccc3C)oc2C)c(C)n1. The van der Waals surface area contributed by atoms with E-state index in [4.69, 9.17) is 4.42 Å². The van der Waals surface area contributed by atoms with Gasteiger partial charge in [0.1, 0.15) is 17.3 Å². The Morgan fingerprint density at radius 1 is 1.05 bits per heavy atom. The minimum Gasteiger partial charge on any atom is -0.441 e. The van der Waals surface area contributed by atoms with E-state index >= 15 is 0 Å². The Balaban J connectivity index is 1.95. The standard InChI is InChI=1S/C17H19N3O/c1-11-7-5-6-8-15(11)17-19-16(13(3)21-17)10-20-9-12(2)18-14(20)4/h5-9H,10H2,1-4H3. The van der Waals surface area contributed by atoms with Crippen molar-refractivity contribution in [3.05, 3.63) is 59.0 Å². The molecule has 0 amide bonds. The summed E-state index contributed by atoms with van der Waals surface area (Å²) in [5, 5.41) is 0. The van der Waals surface area contributed by atoms with E-state index in [1.807, 2.05) is 45.2 Å². The number of aromatic nitrogens is 3. The molecule has 0 aliphatic carbocycles. The van der Waals surface area contributed by atoms with Crippen LogP contribution in [0, 0.1) is 27.7 Å². The van der Waals surface area contributed by atoms with Gasteiger partial charge in [-0.25, -0.2) is 9.97 Å². The summed E-state index contributed by atoms with van der Waals surface area (Å²) in [5.74, 6) is 2.54. The average molecular weight is 281 g/mol. The van der Waals surface area contributed by atoms with Crippen molar-refractivity contribution in [1.82, 2.24) is 14.5 Å². The molecule has 0 spiro atoms. The molecule has 0 N–H and O–H groups in total. The summed E-state index contributed by atoms with van der Waals surface area (Å²) < 4.78 is 7.95. The molecule has 4 heteroatoms. The van der Waals surface area contributed by atoms with Crippen molar-refractivity contribution in [3.63, 3.8) is 0 Å². The molecule has 0 radical (unpaired) electrons. The van der Waals surface area contributed by atoms with Gasteiger partial charge in [0.15, 0.2) is 0 Å². The Morgan fingerprint density at radius 3 is 2.48 bits per heavy atom. The van der Waals surface area contributed by atoms with Gasteiger partial charge in [0.25, 0.3) is 0 Å². The molecule has 0 bridgehead atoms. The lowest BCUT2D eigenvalue weighted by Gasteiger charge is -2.01. The highest BCUT2D eigenvalue weighted by Gasteiger charge is 2.14. The quantitative estimate of drug-likeness (QED) is 0.733. The molecule has 108 valence electrons. The van der Waals surface area contributed by atoms with E-state index in [0.717, 1.165) is 28.5 Å². The molecule has 0 atom stereocenters. The predicted octanol–water partition coefficient (Wildman–Crippen LogP) is 3.82. The lowest BCUT2D eigenvalue weighted by Crippen LogP contribution is -2.02. The van der Waals surface area contributed by atoms with Gasteiger partial charge in [-0.2, -0.15) is 0 Å². The molecule has 2 heterocycles. The molecule has 1 aromatic carbocycles. The van der Waals surface area contributed by atoms with Gasteiger partial charge < -0.3 is 8.98 Å². The molecular formula is C17H19N3O. The van der Waals surface area contributed by atoms with Crippen LogP contribution in [0.25, 0.3) is 11.5 Å². The maximum Gasteiger partial charge on any atom is 0.226 e. The molecule has 0 fully saturated rings. The van der Waals surface area contributed by atoms with Crippen LogP contribution in [-0.4, -0.2) is 14.5 Å². The van der Waals surface area contributed by atoms with Gasteiger partial charge in [0.05, 0.1) is 12.2 Å². The van der Waals surface area contributed by atoms with Crippen molar-refractivity contribution >= 4 is 0 Å². The van der Waals surface area contributed by atoms with Gasteiger partial charge >= 0.3 is 0 Å². The van der Waals surface area contributed by atoms with Crippen LogP contribution < -0.4 is 0 Å². The van der Waals surface area contributed by atoms with Gasteiger partial charge in [-0.1, -0.05) is 18.2 Å². The van der Waals surface area contributed by atoms with Crippen LogP contribution in [-0.2, 0) is 6.54 Å². The van der Waals surface area contributed by atoms with E-state index in [1.54, 1.807) is 0 Å². The minimum absolute atomic E-state index is 0.688. The highest BCUT2D eigenvalue weighted by molar-refractivity contribution is 5.58. The summed E-state index contributed by atoms with van der Waals surface area (Å²) in [7, 11) is 0. The molecule has 0 saturated carbocycles. The molecular weight excluding hydrogens is 262 g/mol. The number of benzene rings is 1. The molecule has 0 aliphatic rings. The smallest absolute Gasteiger partial charge is 0.226 e. The van der Waals surface area contributed by atoms with E-state index in [-0.39, 0.29) is 0 Å². The van der Waals surface area contributed by atoms with Crippen molar-refractivity contribution in [1.29, 1.82) is 0 Å². The molecule has 0 aliphatic heterocycles. The van der Waals surface area contributed by atoms with E-state index in [0.29, 0.717) is 12.4 Å². The Hall–Kier alpha value is -2.36.